The Morgan fingerprint density at radius 1 is 1.27 bits per heavy atom. The van der Waals surface area contributed by atoms with Crippen LogP contribution in [0, 0.1) is 0 Å². The Balaban J connectivity index is 2.01. The van der Waals surface area contributed by atoms with E-state index < -0.39 is 11.7 Å². The summed E-state index contributed by atoms with van der Waals surface area (Å²) in [7, 11) is 0. The fourth-order valence-corrected chi connectivity index (χ4v) is 3.00. The smallest absolute Gasteiger partial charge is 0.412 e. The van der Waals surface area contributed by atoms with Crippen LogP contribution < -0.4 is 10.6 Å². The van der Waals surface area contributed by atoms with Crippen LogP contribution in [0.1, 0.15) is 26.3 Å². The molecule has 0 saturated heterocycles. The maximum atomic E-state index is 11.9. The molecular formula is C16H19BrN2O2S. The quantitative estimate of drug-likeness (QED) is 0.736. The van der Waals surface area contributed by atoms with Crippen LogP contribution in [-0.4, -0.2) is 11.7 Å². The second-order valence-electron chi connectivity index (χ2n) is 5.79. The van der Waals surface area contributed by atoms with Crippen LogP contribution in [0.25, 0.3) is 0 Å². The Morgan fingerprint density at radius 3 is 2.55 bits per heavy atom. The third-order valence-electron chi connectivity index (χ3n) is 2.67. The molecule has 22 heavy (non-hydrogen) atoms. The number of para-hydroxylation sites is 2. The Morgan fingerprint density at radius 2 is 1.95 bits per heavy atom. The predicted molar refractivity (Wildman–Crippen MR) is 95.6 cm³/mol. The van der Waals surface area contributed by atoms with Gasteiger partial charge in [0.1, 0.15) is 5.60 Å². The van der Waals surface area contributed by atoms with E-state index in [4.69, 9.17) is 4.74 Å². The Hall–Kier alpha value is -1.53. The van der Waals surface area contributed by atoms with Gasteiger partial charge in [-0.25, -0.2) is 4.79 Å². The van der Waals surface area contributed by atoms with Gasteiger partial charge in [-0.15, -0.1) is 11.3 Å². The van der Waals surface area contributed by atoms with Gasteiger partial charge < -0.3 is 10.1 Å². The standard InChI is InChI=1S/C16H19BrN2O2S/c1-16(2,3)21-15(20)19-13-7-5-4-6-12(13)18-9-11-8-14(17)22-10-11/h4-8,10,18H,9H2,1-3H3,(H,19,20). The molecule has 2 aromatic rings. The van der Waals surface area contributed by atoms with E-state index in [-0.39, 0.29) is 0 Å². The van der Waals surface area contributed by atoms with E-state index in [1.165, 1.54) is 5.56 Å². The number of hydrogen-bond acceptors (Lipinski definition) is 4. The molecule has 1 aromatic heterocycles. The summed E-state index contributed by atoms with van der Waals surface area (Å²) in [4.78, 5) is 11.9. The first-order valence-electron chi connectivity index (χ1n) is 6.89. The summed E-state index contributed by atoms with van der Waals surface area (Å²) in [5.41, 5.74) is 2.22. The molecular weight excluding hydrogens is 364 g/mol. The van der Waals surface area contributed by atoms with Crippen molar-refractivity contribution in [3.8, 4) is 0 Å². The maximum absolute atomic E-state index is 11.9. The molecule has 4 nitrogen and oxygen atoms in total. The summed E-state index contributed by atoms with van der Waals surface area (Å²) in [6.07, 6.45) is -0.458. The second-order valence-corrected chi connectivity index (χ2v) is 8.08. The Kier molecular flexibility index (Phi) is 5.47. The number of thiophene rings is 1. The van der Waals surface area contributed by atoms with Crippen LogP contribution in [0.3, 0.4) is 0 Å². The number of carbonyl (C=O) groups excluding carboxylic acids is 1. The molecule has 1 amide bonds. The van der Waals surface area contributed by atoms with Crippen LogP contribution in [0.2, 0.25) is 0 Å². The van der Waals surface area contributed by atoms with Crippen LogP contribution in [0.15, 0.2) is 39.5 Å². The zero-order chi connectivity index (χ0) is 16.2. The highest BCUT2D eigenvalue weighted by Crippen LogP contribution is 2.25. The summed E-state index contributed by atoms with van der Waals surface area (Å²) in [6.45, 7) is 6.20. The first kappa shape index (κ1) is 16.8. The lowest BCUT2D eigenvalue weighted by Crippen LogP contribution is -2.27. The molecule has 0 unspecified atom stereocenters. The van der Waals surface area contributed by atoms with Crippen molar-refractivity contribution in [3.63, 3.8) is 0 Å². The predicted octanol–water partition coefficient (Wildman–Crippen LogP) is 5.47. The summed E-state index contributed by atoms with van der Waals surface area (Å²) in [6, 6.07) is 9.64. The minimum Gasteiger partial charge on any atom is -0.444 e. The number of anilines is 2. The Labute approximate surface area is 143 Å². The van der Waals surface area contributed by atoms with Gasteiger partial charge in [0, 0.05) is 6.54 Å². The van der Waals surface area contributed by atoms with E-state index in [2.05, 4.69) is 38.0 Å². The van der Waals surface area contributed by atoms with E-state index in [0.29, 0.717) is 12.2 Å². The average Bonchev–Trinajstić information content (AvgIpc) is 2.81. The second kappa shape index (κ2) is 7.15. The first-order chi connectivity index (χ1) is 10.3. The van der Waals surface area contributed by atoms with E-state index >= 15 is 0 Å². The largest absolute Gasteiger partial charge is 0.444 e. The molecule has 0 aliphatic rings. The zero-order valence-corrected chi connectivity index (χ0v) is 15.2. The SMILES string of the molecule is CC(C)(C)OC(=O)Nc1ccccc1NCc1csc(Br)c1. The van der Waals surface area contributed by atoms with Crippen molar-refractivity contribution in [1.29, 1.82) is 0 Å². The average molecular weight is 383 g/mol. The summed E-state index contributed by atoms with van der Waals surface area (Å²) in [5, 5.41) is 8.19. The summed E-state index contributed by atoms with van der Waals surface area (Å²) in [5.74, 6) is 0. The molecule has 0 atom stereocenters. The zero-order valence-electron chi connectivity index (χ0n) is 12.8. The van der Waals surface area contributed by atoms with E-state index in [1.807, 2.05) is 45.0 Å². The minimum absolute atomic E-state index is 0.458. The number of amides is 1. The molecule has 6 heteroatoms. The van der Waals surface area contributed by atoms with Gasteiger partial charge in [0.25, 0.3) is 0 Å². The van der Waals surface area contributed by atoms with Gasteiger partial charge in [0.15, 0.2) is 0 Å². The monoisotopic (exact) mass is 382 g/mol. The molecule has 1 aromatic carbocycles. The molecule has 2 rings (SSSR count). The van der Waals surface area contributed by atoms with Crippen molar-refractivity contribution in [1.82, 2.24) is 0 Å². The molecule has 0 aliphatic carbocycles. The summed E-state index contributed by atoms with van der Waals surface area (Å²) >= 11 is 5.10. The topological polar surface area (TPSA) is 50.4 Å². The molecule has 0 bridgehead atoms. The van der Waals surface area contributed by atoms with E-state index in [0.717, 1.165) is 9.47 Å². The highest BCUT2D eigenvalue weighted by molar-refractivity contribution is 9.11. The van der Waals surface area contributed by atoms with Crippen molar-refractivity contribution in [3.05, 3.63) is 45.1 Å². The van der Waals surface area contributed by atoms with Gasteiger partial charge in [0.2, 0.25) is 0 Å². The van der Waals surface area contributed by atoms with Gasteiger partial charge in [-0.2, -0.15) is 0 Å². The van der Waals surface area contributed by atoms with Gasteiger partial charge >= 0.3 is 6.09 Å². The third-order valence-corrected chi connectivity index (χ3v) is 4.22. The third kappa shape index (κ3) is 5.35. The van der Waals surface area contributed by atoms with E-state index in [1.54, 1.807) is 11.3 Å². The van der Waals surface area contributed by atoms with Crippen LogP contribution in [0.5, 0.6) is 0 Å². The molecule has 1 heterocycles. The fraction of sp³-hybridized carbons (Fsp3) is 0.312. The lowest BCUT2D eigenvalue weighted by Gasteiger charge is -2.20. The normalized spacial score (nSPS) is 11.1. The summed E-state index contributed by atoms with van der Waals surface area (Å²) < 4.78 is 6.38. The van der Waals surface area contributed by atoms with Crippen molar-refractivity contribution in [2.75, 3.05) is 10.6 Å². The van der Waals surface area contributed by atoms with E-state index in [9.17, 15) is 4.79 Å². The number of halogens is 1. The van der Waals surface area contributed by atoms with Crippen molar-refractivity contribution < 1.29 is 9.53 Å². The highest BCUT2D eigenvalue weighted by Gasteiger charge is 2.17. The fourth-order valence-electron chi connectivity index (χ4n) is 1.80. The van der Waals surface area contributed by atoms with Crippen LogP contribution >= 0.6 is 27.3 Å². The van der Waals surface area contributed by atoms with Crippen molar-refractivity contribution >= 4 is 44.7 Å². The Bertz CT molecular complexity index is 650. The lowest BCUT2D eigenvalue weighted by atomic mass is 10.2. The first-order valence-corrected chi connectivity index (χ1v) is 8.56. The van der Waals surface area contributed by atoms with Crippen LogP contribution in [0.4, 0.5) is 16.2 Å². The van der Waals surface area contributed by atoms with Crippen molar-refractivity contribution in [2.45, 2.75) is 32.9 Å². The lowest BCUT2D eigenvalue weighted by molar-refractivity contribution is 0.0636. The number of benzene rings is 1. The van der Waals surface area contributed by atoms with Gasteiger partial charge in [-0.3, -0.25) is 5.32 Å². The van der Waals surface area contributed by atoms with Crippen LogP contribution in [-0.2, 0) is 11.3 Å². The molecule has 0 aliphatic heterocycles. The number of carbonyl (C=O) groups is 1. The maximum Gasteiger partial charge on any atom is 0.412 e. The minimum atomic E-state index is -0.518. The van der Waals surface area contributed by atoms with Gasteiger partial charge in [0.05, 0.1) is 15.2 Å². The molecule has 2 N–H and O–H groups in total. The number of hydrogen-bond donors (Lipinski definition) is 2. The number of ether oxygens (including phenoxy) is 1. The molecule has 118 valence electrons. The number of nitrogens with one attached hydrogen (secondary N) is 2. The molecule has 0 radical (unpaired) electrons. The molecule has 0 fully saturated rings. The highest BCUT2D eigenvalue weighted by atomic mass is 79.9. The van der Waals surface area contributed by atoms with Crippen molar-refractivity contribution in [2.24, 2.45) is 0 Å². The van der Waals surface area contributed by atoms with Gasteiger partial charge in [-0.1, -0.05) is 12.1 Å². The van der Waals surface area contributed by atoms with Gasteiger partial charge in [-0.05, 0) is 65.8 Å². The molecule has 0 spiro atoms. The molecule has 0 saturated carbocycles. The number of rotatable bonds is 4.